The number of nitrogens with zero attached hydrogens (tertiary/aromatic N) is 2. The molecule has 1 aromatic carbocycles. The molecule has 0 saturated carbocycles. The Bertz CT molecular complexity index is 841. The smallest absolute Gasteiger partial charge is 0.262 e. The van der Waals surface area contributed by atoms with Gasteiger partial charge in [0.15, 0.2) is 6.19 Å². The van der Waals surface area contributed by atoms with Crippen molar-refractivity contribution in [2.45, 2.75) is 26.3 Å². The van der Waals surface area contributed by atoms with E-state index in [2.05, 4.69) is 5.32 Å². The molecule has 0 radical (unpaired) electrons. The number of hydrogen-bond donors (Lipinski definition) is 1. The van der Waals surface area contributed by atoms with Gasteiger partial charge in [0.2, 0.25) is 0 Å². The zero-order chi connectivity index (χ0) is 19.3. The van der Waals surface area contributed by atoms with E-state index < -0.39 is 11.9 Å². The molecule has 2 amide bonds. The molecule has 0 fully saturated rings. The average molecular weight is 390 g/mol. The van der Waals surface area contributed by atoms with Gasteiger partial charge in [-0.2, -0.15) is 5.26 Å². The molecule has 0 aliphatic rings. The predicted molar refractivity (Wildman–Crippen MR) is 104 cm³/mol. The molecule has 1 heterocycles. The first-order chi connectivity index (χ1) is 12.3. The van der Waals surface area contributed by atoms with Crippen LogP contribution in [0.2, 0.25) is 5.02 Å². The summed E-state index contributed by atoms with van der Waals surface area (Å²) in [5, 5.41) is 14.2. The van der Waals surface area contributed by atoms with Crippen LogP contribution in [0.15, 0.2) is 35.7 Å². The molecule has 7 heteroatoms. The average Bonchev–Trinajstić information content (AvgIpc) is 3.09. The fraction of sp³-hybridized carbons (Fsp3) is 0.316. The fourth-order valence-electron chi connectivity index (χ4n) is 2.50. The van der Waals surface area contributed by atoms with Gasteiger partial charge in [-0.05, 0) is 35.4 Å². The van der Waals surface area contributed by atoms with Gasteiger partial charge in [0.05, 0.1) is 4.88 Å². The number of benzene rings is 1. The number of carbonyl (C=O) groups excluding carboxylic acids is 2. The van der Waals surface area contributed by atoms with Crippen molar-refractivity contribution < 1.29 is 9.59 Å². The standard InChI is InChI=1S/C19H20ClN3O2S/c1-12(2)8-16(19(25)23(3)11-21)22-18(24)17-9-13(10-26-17)14-6-4-5-7-15(14)20/h4-7,9-10,12,16H,8H2,1-3H3,(H,22,24)/t16-/m0/s1. The minimum absolute atomic E-state index is 0.193. The molecule has 0 unspecified atom stereocenters. The minimum atomic E-state index is -0.738. The summed E-state index contributed by atoms with van der Waals surface area (Å²) in [5.74, 6) is -0.561. The molecule has 0 bridgehead atoms. The molecule has 0 spiro atoms. The van der Waals surface area contributed by atoms with Crippen LogP contribution in [0.4, 0.5) is 0 Å². The summed E-state index contributed by atoms with van der Waals surface area (Å²) in [4.78, 5) is 26.3. The monoisotopic (exact) mass is 389 g/mol. The molecule has 5 nitrogen and oxygen atoms in total. The number of likely N-dealkylation sites (N-methyl/N-ethyl adjacent to an activating group) is 1. The highest BCUT2D eigenvalue weighted by atomic mass is 35.5. The van der Waals surface area contributed by atoms with E-state index in [-0.39, 0.29) is 11.8 Å². The van der Waals surface area contributed by atoms with Gasteiger partial charge in [0, 0.05) is 17.6 Å². The molecule has 136 valence electrons. The first-order valence-electron chi connectivity index (χ1n) is 8.15. The third-order valence-electron chi connectivity index (χ3n) is 3.80. The Labute approximate surface area is 162 Å². The number of amides is 2. The van der Waals surface area contributed by atoms with E-state index in [4.69, 9.17) is 16.9 Å². The number of thiophene rings is 1. The molecule has 0 saturated heterocycles. The van der Waals surface area contributed by atoms with E-state index in [1.165, 1.54) is 18.4 Å². The third-order valence-corrected chi connectivity index (χ3v) is 5.06. The lowest BCUT2D eigenvalue weighted by atomic mass is 10.0. The number of nitriles is 1. The lowest BCUT2D eigenvalue weighted by molar-refractivity contribution is -0.129. The SMILES string of the molecule is CC(C)C[C@H](NC(=O)c1cc(-c2ccccc2Cl)cs1)C(=O)N(C)C#N. The molecule has 0 aliphatic heterocycles. The zero-order valence-corrected chi connectivity index (χ0v) is 16.4. The van der Waals surface area contributed by atoms with Crippen LogP contribution in [0.1, 0.15) is 29.9 Å². The highest BCUT2D eigenvalue weighted by molar-refractivity contribution is 7.12. The van der Waals surface area contributed by atoms with Crippen molar-refractivity contribution in [3.8, 4) is 17.3 Å². The van der Waals surface area contributed by atoms with Crippen LogP contribution in [-0.4, -0.2) is 29.8 Å². The molecule has 2 rings (SSSR count). The summed E-state index contributed by atoms with van der Waals surface area (Å²) < 4.78 is 0. The molecular weight excluding hydrogens is 370 g/mol. The van der Waals surface area contributed by atoms with Gasteiger partial charge in [0.1, 0.15) is 6.04 Å². The van der Waals surface area contributed by atoms with Crippen LogP contribution in [-0.2, 0) is 4.79 Å². The highest BCUT2D eigenvalue weighted by Gasteiger charge is 2.26. The maximum absolute atomic E-state index is 12.6. The molecule has 2 aromatic rings. The fourth-order valence-corrected chi connectivity index (χ4v) is 3.55. The number of hydrogen-bond acceptors (Lipinski definition) is 4. The first kappa shape index (κ1) is 20.0. The van der Waals surface area contributed by atoms with Crippen molar-refractivity contribution in [3.05, 3.63) is 45.6 Å². The van der Waals surface area contributed by atoms with Crippen LogP contribution in [0.5, 0.6) is 0 Å². The van der Waals surface area contributed by atoms with Gasteiger partial charge >= 0.3 is 0 Å². The molecular formula is C19H20ClN3O2S. The predicted octanol–water partition coefficient (Wildman–Crippen LogP) is 4.15. The van der Waals surface area contributed by atoms with Crippen LogP contribution in [0, 0.1) is 17.4 Å². The quantitative estimate of drug-likeness (QED) is 0.595. The number of nitrogens with one attached hydrogen (secondary N) is 1. The topological polar surface area (TPSA) is 73.2 Å². The molecule has 1 atom stereocenters. The summed E-state index contributed by atoms with van der Waals surface area (Å²) in [6.45, 7) is 3.92. The Kier molecular flexibility index (Phi) is 6.78. The van der Waals surface area contributed by atoms with Crippen LogP contribution < -0.4 is 5.32 Å². The molecule has 1 N–H and O–H groups in total. The van der Waals surface area contributed by atoms with Crippen LogP contribution >= 0.6 is 22.9 Å². The van der Waals surface area contributed by atoms with Gasteiger partial charge in [-0.3, -0.25) is 14.5 Å². The lowest BCUT2D eigenvalue weighted by Gasteiger charge is -2.21. The van der Waals surface area contributed by atoms with Crippen molar-refractivity contribution in [3.63, 3.8) is 0 Å². The summed E-state index contributed by atoms with van der Waals surface area (Å²) in [7, 11) is 1.39. The van der Waals surface area contributed by atoms with E-state index in [1.54, 1.807) is 18.3 Å². The van der Waals surface area contributed by atoms with E-state index in [0.29, 0.717) is 16.3 Å². The van der Waals surface area contributed by atoms with E-state index in [1.807, 2.05) is 37.4 Å². The second kappa shape index (κ2) is 8.84. The maximum Gasteiger partial charge on any atom is 0.262 e. The number of rotatable bonds is 6. The van der Waals surface area contributed by atoms with Gasteiger partial charge in [-0.25, -0.2) is 0 Å². The summed E-state index contributed by atoms with van der Waals surface area (Å²) in [5.41, 5.74) is 1.70. The highest BCUT2D eigenvalue weighted by Crippen LogP contribution is 2.31. The third kappa shape index (κ3) is 4.84. The van der Waals surface area contributed by atoms with Gasteiger partial charge in [-0.1, -0.05) is 43.6 Å². The van der Waals surface area contributed by atoms with Crippen LogP contribution in [0.3, 0.4) is 0 Å². The van der Waals surface area contributed by atoms with Gasteiger partial charge in [-0.15, -0.1) is 11.3 Å². The van der Waals surface area contributed by atoms with E-state index in [0.717, 1.165) is 16.0 Å². The van der Waals surface area contributed by atoms with Crippen molar-refractivity contribution in [2.24, 2.45) is 5.92 Å². The maximum atomic E-state index is 12.6. The van der Waals surface area contributed by atoms with E-state index in [9.17, 15) is 9.59 Å². The Hall–Kier alpha value is -2.36. The largest absolute Gasteiger partial charge is 0.339 e. The van der Waals surface area contributed by atoms with Crippen LogP contribution in [0.25, 0.3) is 11.1 Å². The Morgan fingerprint density at radius 2 is 2.04 bits per heavy atom. The zero-order valence-electron chi connectivity index (χ0n) is 14.8. The van der Waals surface area contributed by atoms with E-state index >= 15 is 0 Å². The van der Waals surface area contributed by atoms with Gasteiger partial charge in [0.25, 0.3) is 11.8 Å². The van der Waals surface area contributed by atoms with Crippen molar-refractivity contribution >= 4 is 34.8 Å². The van der Waals surface area contributed by atoms with Crippen molar-refractivity contribution in [1.82, 2.24) is 10.2 Å². The lowest BCUT2D eigenvalue weighted by Crippen LogP contribution is -2.46. The van der Waals surface area contributed by atoms with Crippen molar-refractivity contribution in [1.29, 1.82) is 5.26 Å². The second-order valence-electron chi connectivity index (χ2n) is 6.33. The van der Waals surface area contributed by atoms with Gasteiger partial charge < -0.3 is 5.32 Å². The summed E-state index contributed by atoms with van der Waals surface area (Å²) in [6.07, 6.45) is 2.24. The Morgan fingerprint density at radius 3 is 2.65 bits per heavy atom. The Morgan fingerprint density at radius 1 is 1.35 bits per heavy atom. The Balaban J connectivity index is 2.18. The molecule has 0 aliphatic carbocycles. The molecule has 1 aromatic heterocycles. The number of halogens is 1. The normalized spacial score (nSPS) is 11.7. The molecule has 26 heavy (non-hydrogen) atoms. The summed E-state index contributed by atoms with van der Waals surface area (Å²) >= 11 is 7.49. The number of carbonyl (C=O) groups is 2. The van der Waals surface area contributed by atoms with Crippen molar-refractivity contribution in [2.75, 3.05) is 7.05 Å². The summed E-state index contributed by atoms with van der Waals surface area (Å²) in [6, 6.07) is 8.43. The first-order valence-corrected chi connectivity index (χ1v) is 9.40. The second-order valence-corrected chi connectivity index (χ2v) is 7.65. The minimum Gasteiger partial charge on any atom is -0.339 e.